The number of ether oxygens (including phenoxy) is 1. The minimum atomic E-state index is -0.144. The van der Waals surface area contributed by atoms with Crippen LogP contribution in [0, 0.1) is 0 Å². The van der Waals surface area contributed by atoms with E-state index in [2.05, 4.69) is 20.9 Å². The summed E-state index contributed by atoms with van der Waals surface area (Å²) in [7, 11) is 0. The summed E-state index contributed by atoms with van der Waals surface area (Å²) in [6, 6.07) is 11.1. The first-order valence-electron chi connectivity index (χ1n) is 8.18. The quantitative estimate of drug-likeness (QED) is 0.617. The molecule has 0 saturated carbocycles. The van der Waals surface area contributed by atoms with E-state index < -0.39 is 0 Å². The van der Waals surface area contributed by atoms with Crippen molar-refractivity contribution >= 4 is 17.4 Å². The number of anilines is 2. The molecule has 6 heteroatoms. The van der Waals surface area contributed by atoms with E-state index in [1.165, 1.54) is 0 Å². The monoisotopic (exact) mass is 328 g/mol. The number of rotatable bonds is 9. The van der Waals surface area contributed by atoms with Crippen LogP contribution in [-0.4, -0.2) is 37.1 Å². The number of aromatic nitrogens is 1. The van der Waals surface area contributed by atoms with Gasteiger partial charge in [-0.1, -0.05) is 6.92 Å². The van der Waals surface area contributed by atoms with Gasteiger partial charge in [-0.3, -0.25) is 4.79 Å². The van der Waals surface area contributed by atoms with Gasteiger partial charge in [0.25, 0.3) is 5.91 Å². The van der Waals surface area contributed by atoms with Gasteiger partial charge in [0, 0.05) is 25.0 Å². The molecule has 128 valence electrons. The van der Waals surface area contributed by atoms with E-state index in [-0.39, 0.29) is 5.91 Å². The van der Waals surface area contributed by atoms with Gasteiger partial charge in [0.2, 0.25) is 0 Å². The Morgan fingerprint density at radius 1 is 1.12 bits per heavy atom. The lowest BCUT2D eigenvalue weighted by molar-refractivity contribution is 0.0954. The Hall–Kier alpha value is -2.60. The Morgan fingerprint density at radius 3 is 2.62 bits per heavy atom. The van der Waals surface area contributed by atoms with Crippen molar-refractivity contribution in [3.8, 4) is 5.75 Å². The number of carbonyl (C=O) groups is 1. The average Bonchev–Trinajstić information content (AvgIpc) is 2.61. The number of hydrogen-bond acceptors (Lipinski definition) is 5. The molecule has 1 aromatic heterocycles. The maximum atomic E-state index is 12.3. The molecule has 0 atom stereocenters. The van der Waals surface area contributed by atoms with Crippen LogP contribution in [0.1, 0.15) is 24.2 Å². The maximum absolute atomic E-state index is 12.3. The van der Waals surface area contributed by atoms with Crippen molar-refractivity contribution in [1.82, 2.24) is 15.6 Å². The summed E-state index contributed by atoms with van der Waals surface area (Å²) in [5.74, 6) is 1.20. The molecule has 0 aliphatic carbocycles. The van der Waals surface area contributed by atoms with Gasteiger partial charge in [-0.05, 0) is 49.9 Å². The van der Waals surface area contributed by atoms with Gasteiger partial charge in [-0.2, -0.15) is 0 Å². The van der Waals surface area contributed by atoms with Crippen LogP contribution >= 0.6 is 0 Å². The van der Waals surface area contributed by atoms with Crippen LogP contribution in [-0.2, 0) is 0 Å². The van der Waals surface area contributed by atoms with Crippen LogP contribution in [0.4, 0.5) is 11.5 Å². The summed E-state index contributed by atoms with van der Waals surface area (Å²) in [5.41, 5.74) is 1.36. The second-order valence-corrected chi connectivity index (χ2v) is 5.09. The maximum Gasteiger partial charge on any atom is 0.255 e. The minimum absolute atomic E-state index is 0.144. The van der Waals surface area contributed by atoms with Gasteiger partial charge in [-0.25, -0.2) is 4.98 Å². The van der Waals surface area contributed by atoms with E-state index in [1.54, 1.807) is 18.3 Å². The predicted octanol–water partition coefficient (Wildman–Crippen LogP) is 2.56. The zero-order valence-electron chi connectivity index (χ0n) is 14.1. The molecule has 0 radical (unpaired) electrons. The second-order valence-electron chi connectivity index (χ2n) is 5.09. The van der Waals surface area contributed by atoms with Crippen molar-refractivity contribution in [1.29, 1.82) is 0 Å². The molecule has 1 aromatic carbocycles. The van der Waals surface area contributed by atoms with Gasteiger partial charge >= 0.3 is 0 Å². The third kappa shape index (κ3) is 5.24. The largest absolute Gasteiger partial charge is 0.494 e. The van der Waals surface area contributed by atoms with Crippen LogP contribution in [0.3, 0.4) is 0 Å². The van der Waals surface area contributed by atoms with Crippen molar-refractivity contribution in [2.75, 3.05) is 31.6 Å². The van der Waals surface area contributed by atoms with Crippen LogP contribution in [0.25, 0.3) is 0 Å². The molecule has 1 amide bonds. The fourth-order valence-corrected chi connectivity index (χ4v) is 2.16. The molecule has 0 unspecified atom stereocenters. The standard InChI is InChI=1S/C18H24N4O2/c1-3-19-12-13-21-18(23)16-6-5-11-20-17(16)22-14-7-9-15(10-8-14)24-4-2/h5-11,19H,3-4,12-13H2,1-2H3,(H,20,22)(H,21,23). The van der Waals surface area contributed by atoms with E-state index >= 15 is 0 Å². The number of hydrogen-bond donors (Lipinski definition) is 3. The van der Waals surface area contributed by atoms with Crippen molar-refractivity contribution in [3.05, 3.63) is 48.2 Å². The molecule has 2 rings (SSSR count). The SMILES string of the molecule is CCNCCNC(=O)c1cccnc1Nc1ccc(OCC)cc1. The summed E-state index contributed by atoms with van der Waals surface area (Å²) in [5, 5.41) is 9.23. The molecule has 2 aromatic rings. The Bertz CT molecular complexity index is 644. The average molecular weight is 328 g/mol. The van der Waals surface area contributed by atoms with Crippen molar-refractivity contribution < 1.29 is 9.53 Å². The molecular weight excluding hydrogens is 304 g/mol. The number of pyridine rings is 1. The summed E-state index contributed by atoms with van der Waals surface area (Å²) >= 11 is 0. The third-order valence-corrected chi connectivity index (χ3v) is 3.32. The van der Waals surface area contributed by atoms with Gasteiger partial charge in [0.1, 0.15) is 11.6 Å². The zero-order chi connectivity index (χ0) is 17.2. The number of benzene rings is 1. The molecule has 0 saturated heterocycles. The Morgan fingerprint density at radius 2 is 1.92 bits per heavy atom. The first-order valence-corrected chi connectivity index (χ1v) is 8.18. The molecule has 0 spiro atoms. The highest BCUT2D eigenvalue weighted by Gasteiger charge is 2.12. The number of carbonyl (C=O) groups excluding carboxylic acids is 1. The van der Waals surface area contributed by atoms with Crippen molar-refractivity contribution in [2.45, 2.75) is 13.8 Å². The van der Waals surface area contributed by atoms with E-state index in [1.807, 2.05) is 38.1 Å². The first kappa shape index (κ1) is 17.7. The smallest absolute Gasteiger partial charge is 0.255 e. The number of amides is 1. The first-order chi connectivity index (χ1) is 11.7. The molecule has 1 heterocycles. The topological polar surface area (TPSA) is 75.3 Å². The zero-order valence-corrected chi connectivity index (χ0v) is 14.1. The lowest BCUT2D eigenvalue weighted by Gasteiger charge is -2.12. The number of likely N-dealkylation sites (N-methyl/N-ethyl adjacent to an activating group) is 1. The minimum Gasteiger partial charge on any atom is -0.494 e. The fourth-order valence-electron chi connectivity index (χ4n) is 2.16. The van der Waals surface area contributed by atoms with Gasteiger partial charge < -0.3 is 20.7 Å². The van der Waals surface area contributed by atoms with Crippen molar-refractivity contribution in [2.24, 2.45) is 0 Å². The lowest BCUT2D eigenvalue weighted by Crippen LogP contribution is -2.32. The van der Waals surface area contributed by atoms with E-state index in [0.29, 0.717) is 24.5 Å². The molecular formula is C18H24N4O2. The lowest BCUT2D eigenvalue weighted by atomic mass is 10.2. The molecule has 0 fully saturated rings. The fraction of sp³-hybridized carbons (Fsp3) is 0.333. The van der Waals surface area contributed by atoms with E-state index in [0.717, 1.165) is 24.5 Å². The van der Waals surface area contributed by atoms with Gasteiger partial charge in [0.15, 0.2) is 0 Å². The molecule has 0 aliphatic rings. The number of nitrogens with one attached hydrogen (secondary N) is 3. The number of nitrogens with zero attached hydrogens (tertiary/aromatic N) is 1. The van der Waals surface area contributed by atoms with Crippen LogP contribution in [0.2, 0.25) is 0 Å². The highest BCUT2D eigenvalue weighted by Crippen LogP contribution is 2.21. The van der Waals surface area contributed by atoms with Crippen LogP contribution in [0.5, 0.6) is 5.75 Å². The molecule has 0 aliphatic heterocycles. The molecule has 3 N–H and O–H groups in total. The summed E-state index contributed by atoms with van der Waals surface area (Å²) in [4.78, 5) is 16.6. The van der Waals surface area contributed by atoms with E-state index in [4.69, 9.17) is 4.74 Å². The molecule has 6 nitrogen and oxygen atoms in total. The van der Waals surface area contributed by atoms with E-state index in [9.17, 15) is 4.79 Å². The Balaban J connectivity index is 2.03. The van der Waals surface area contributed by atoms with Gasteiger partial charge in [0.05, 0.1) is 12.2 Å². The van der Waals surface area contributed by atoms with Crippen LogP contribution in [0.15, 0.2) is 42.6 Å². The third-order valence-electron chi connectivity index (χ3n) is 3.32. The highest BCUT2D eigenvalue weighted by molar-refractivity contribution is 5.99. The highest BCUT2D eigenvalue weighted by atomic mass is 16.5. The Labute approximate surface area is 142 Å². The van der Waals surface area contributed by atoms with Gasteiger partial charge in [-0.15, -0.1) is 0 Å². The van der Waals surface area contributed by atoms with Crippen LogP contribution < -0.4 is 20.7 Å². The summed E-state index contributed by atoms with van der Waals surface area (Å²) in [6.07, 6.45) is 1.66. The summed E-state index contributed by atoms with van der Waals surface area (Å²) < 4.78 is 5.42. The second kappa shape index (κ2) is 9.52. The van der Waals surface area contributed by atoms with Crippen molar-refractivity contribution in [3.63, 3.8) is 0 Å². The predicted molar refractivity (Wildman–Crippen MR) is 96.0 cm³/mol. The normalized spacial score (nSPS) is 10.2. The summed E-state index contributed by atoms with van der Waals surface area (Å²) in [6.45, 7) is 6.80. The Kier molecular flexibility index (Phi) is 7.04. The molecule has 24 heavy (non-hydrogen) atoms. The molecule has 0 bridgehead atoms.